The second-order valence-corrected chi connectivity index (χ2v) is 3.08. The maximum atomic E-state index is 13.1. The molecule has 0 aliphatic heterocycles. The Balaban J connectivity index is 2.61. The molecule has 0 aliphatic rings. The zero-order chi connectivity index (χ0) is 11.1. The maximum absolute atomic E-state index is 13.1. The Morgan fingerprint density at radius 1 is 1.47 bits per heavy atom. The molecule has 1 heterocycles. The van der Waals surface area contributed by atoms with Gasteiger partial charge in [-0.15, -0.1) is 0 Å². The molecule has 0 bridgehead atoms. The van der Waals surface area contributed by atoms with Crippen molar-refractivity contribution in [1.29, 1.82) is 0 Å². The van der Waals surface area contributed by atoms with Crippen molar-refractivity contribution in [1.82, 2.24) is 9.97 Å². The molecule has 1 N–H and O–H groups in total. The van der Waals surface area contributed by atoms with Crippen molar-refractivity contribution in [2.75, 3.05) is 18.5 Å². The van der Waals surface area contributed by atoms with Crippen molar-refractivity contribution in [2.24, 2.45) is 0 Å². The first-order valence-electron chi connectivity index (χ1n) is 5.17. The van der Waals surface area contributed by atoms with Crippen LogP contribution in [0.4, 0.5) is 10.2 Å². The molecule has 0 aliphatic carbocycles. The van der Waals surface area contributed by atoms with E-state index in [1.807, 2.05) is 6.92 Å². The first-order valence-corrected chi connectivity index (χ1v) is 5.17. The summed E-state index contributed by atoms with van der Waals surface area (Å²) in [5.41, 5.74) is 0. The smallest absolute Gasteiger partial charge is 0.318 e. The second kappa shape index (κ2) is 6.16. The normalized spacial score (nSPS) is 10.1. The molecule has 15 heavy (non-hydrogen) atoms. The van der Waals surface area contributed by atoms with Crippen LogP contribution >= 0.6 is 0 Å². The lowest BCUT2D eigenvalue weighted by Crippen LogP contribution is -2.06. The summed E-state index contributed by atoms with van der Waals surface area (Å²) < 4.78 is 18.4. The van der Waals surface area contributed by atoms with Crippen LogP contribution in [0, 0.1) is 5.82 Å². The summed E-state index contributed by atoms with van der Waals surface area (Å²) in [5.74, 6) is -0.265. The summed E-state index contributed by atoms with van der Waals surface area (Å²) in [4.78, 5) is 7.66. The number of nitrogens with zero attached hydrogens (tertiary/aromatic N) is 2. The number of hydrogen-bond acceptors (Lipinski definition) is 4. The Morgan fingerprint density at radius 2 is 2.27 bits per heavy atom. The van der Waals surface area contributed by atoms with E-state index in [1.165, 1.54) is 0 Å². The molecule has 4 nitrogen and oxygen atoms in total. The fraction of sp³-hybridized carbons (Fsp3) is 0.600. The number of halogens is 1. The van der Waals surface area contributed by atoms with Crippen molar-refractivity contribution < 1.29 is 9.13 Å². The number of anilines is 1. The average Bonchev–Trinajstić information content (AvgIpc) is 2.23. The largest absolute Gasteiger partial charge is 0.463 e. The van der Waals surface area contributed by atoms with Crippen molar-refractivity contribution in [3.05, 3.63) is 12.0 Å². The average molecular weight is 213 g/mol. The highest BCUT2D eigenvalue weighted by Crippen LogP contribution is 2.12. The van der Waals surface area contributed by atoms with Crippen LogP contribution in [0.1, 0.15) is 26.7 Å². The summed E-state index contributed by atoms with van der Waals surface area (Å²) in [6.45, 7) is 5.12. The number of aromatic nitrogens is 2. The Bertz CT molecular complexity index is 307. The third kappa shape index (κ3) is 3.69. The Hall–Kier alpha value is -1.39. The third-order valence-corrected chi connectivity index (χ3v) is 1.80. The summed E-state index contributed by atoms with van der Waals surface area (Å²) >= 11 is 0. The number of unbranched alkanes of at least 4 members (excludes halogenated alkanes) is 1. The van der Waals surface area contributed by atoms with Crippen molar-refractivity contribution in [2.45, 2.75) is 26.7 Å². The molecule has 0 saturated carbocycles. The SMILES string of the molecule is CCCCOc1ncc(F)c(NCC)n1. The summed E-state index contributed by atoms with van der Waals surface area (Å²) in [5, 5.41) is 2.80. The lowest BCUT2D eigenvalue weighted by molar-refractivity contribution is 0.284. The van der Waals surface area contributed by atoms with Crippen molar-refractivity contribution >= 4 is 5.82 Å². The van der Waals surface area contributed by atoms with E-state index in [4.69, 9.17) is 4.74 Å². The summed E-state index contributed by atoms with van der Waals surface area (Å²) in [6, 6.07) is 0.223. The predicted octanol–water partition coefficient (Wildman–Crippen LogP) is 2.23. The molecule has 0 amide bonds. The molecular weight excluding hydrogens is 197 g/mol. The van der Waals surface area contributed by atoms with E-state index in [0.29, 0.717) is 13.2 Å². The first kappa shape index (κ1) is 11.7. The zero-order valence-corrected chi connectivity index (χ0v) is 9.09. The highest BCUT2D eigenvalue weighted by Gasteiger charge is 2.06. The lowest BCUT2D eigenvalue weighted by atomic mass is 10.4. The van der Waals surface area contributed by atoms with Gasteiger partial charge in [-0.25, -0.2) is 9.37 Å². The number of ether oxygens (including phenoxy) is 1. The van der Waals surface area contributed by atoms with Gasteiger partial charge < -0.3 is 10.1 Å². The minimum absolute atomic E-state index is 0.194. The van der Waals surface area contributed by atoms with Crippen LogP contribution in [-0.4, -0.2) is 23.1 Å². The second-order valence-electron chi connectivity index (χ2n) is 3.08. The molecule has 0 fully saturated rings. The summed E-state index contributed by atoms with van der Waals surface area (Å²) in [7, 11) is 0. The van der Waals surface area contributed by atoms with Crippen LogP contribution in [0.3, 0.4) is 0 Å². The molecular formula is C10H16FN3O. The summed E-state index contributed by atoms with van der Waals surface area (Å²) in [6.07, 6.45) is 3.10. The fourth-order valence-corrected chi connectivity index (χ4v) is 1.02. The van der Waals surface area contributed by atoms with Gasteiger partial charge >= 0.3 is 6.01 Å². The minimum atomic E-state index is -0.459. The van der Waals surface area contributed by atoms with Crippen molar-refractivity contribution in [3.8, 4) is 6.01 Å². The molecule has 0 atom stereocenters. The van der Waals surface area contributed by atoms with Crippen molar-refractivity contribution in [3.63, 3.8) is 0 Å². The van der Waals surface area contributed by atoms with Crippen LogP contribution < -0.4 is 10.1 Å². The number of hydrogen-bond donors (Lipinski definition) is 1. The molecule has 0 unspecified atom stereocenters. The number of rotatable bonds is 6. The monoisotopic (exact) mass is 213 g/mol. The van der Waals surface area contributed by atoms with E-state index in [2.05, 4.69) is 22.2 Å². The molecule has 0 aromatic carbocycles. The van der Waals surface area contributed by atoms with E-state index < -0.39 is 5.82 Å². The van der Waals surface area contributed by atoms with E-state index in [1.54, 1.807) is 0 Å². The van der Waals surface area contributed by atoms with Crippen LogP contribution in [0.2, 0.25) is 0 Å². The van der Waals surface area contributed by atoms with E-state index in [-0.39, 0.29) is 11.8 Å². The molecule has 0 saturated heterocycles. The molecule has 0 spiro atoms. The molecule has 5 heteroatoms. The van der Waals surface area contributed by atoms with Gasteiger partial charge in [-0.2, -0.15) is 4.98 Å². The Kier molecular flexibility index (Phi) is 4.80. The molecule has 1 rings (SSSR count). The van der Waals surface area contributed by atoms with Gasteiger partial charge in [-0.3, -0.25) is 0 Å². The van der Waals surface area contributed by atoms with Gasteiger partial charge in [0.2, 0.25) is 0 Å². The van der Waals surface area contributed by atoms with Gasteiger partial charge in [0.15, 0.2) is 11.6 Å². The quantitative estimate of drug-likeness (QED) is 0.736. The van der Waals surface area contributed by atoms with Gasteiger partial charge in [0.1, 0.15) is 0 Å². The van der Waals surface area contributed by atoms with E-state index >= 15 is 0 Å². The topological polar surface area (TPSA) is 47.0 Å². The molecule has 1 aromatic rings. The standard InChI is InChI=1S/C10H16FN3O/c1-3-5-6-15-10-13-7-8(11)9(14-10)12-4-2/h7H,3-6H2,1-2H3,(H,12,13,14). The van der Waals surface area contributed by atoms with Crippen LogP contribution in [0.5, 0.6) is 6.01 Å². The lowest BCUT2D eigenvalue weighted by Gasteiger charge is -2.06. The van der Waals surface area contributed by atoms with Crippen LogP contribution in [-0.2, 0) is 0 Å². The first-order chi connectivity index (χ1) is 7.27. The molecule has 84 valence electrons. The highest BCUT2D eigenvalue weighted by molar-refractivity contribution is 5.35. The van der Waals surface area contributed by atoms with Gasteiger partial charge in [-0.1, -0.05) is 13.3 Å². The van der Waals surface area contributed by atoms with Gasteiger partial charge in [-0.05, 0) is 13.3 Å². The fourth-order valence-electron chi connectivity index (χ4n) is 1.02. The number of nitrogens with one attached hydrogen (secondary N) is 1. The third-order valence-electron chi connectivity index (χ3n) is 1.80. The van der Waals surface area contributed by atoms with Crippen LogP contribution in [0.15, 0.2) is 6.20 Å². The highest BCUT2D eigenvalue weighted by atomic mass is 19.1. The van der Waals surface area contributed by atoms with Gasteiger partial charge in [0, 0.05) is 6.54 Å². The predicted molar refractivity (Wildman–Crippen MR) is 56.6 cm³/mol. The Morgan fingerprint density at radius 3 is 2.93 bits per heavy atom. The van der Waals surface area contributed by atoms with E-state index in [0.717, 1.165) is 19.0 Å². The van der Waals surface area contributed by atoms with Gasteiger partial charge in [0.25, 0.3) is 0 Å². The maximum Gasteiger partial charge on any atom is 0.318 e. The minimum Gasteiger partial charge on any atom is -0.463 e. The van der Waals surface area contributed by atoms with Crippen LogP contribution in [0.25, 0.3) is 0 Å². The Labute approximate surface area is 88.9 Å². The molecule has 1 aromatic heterocycles. The van der Waals surface area contributed by atoms with Gasteiger partial charge in [0.05, 0.1) is 12.8 Å². The van der Waals surface area contributed by atoms with E-state index in [9.17, 15) is 4.39 Å². The zero-order valence-electron chi connectivity index (χ0n) is 9.09. The molecule has 0 radical (unpaired) electrons.